The Hall–Kier alpha value is -0.930. The van der Waals surface area contributed by atoms with Gasteiger partial charge in [-0.1, -0.05) is 54.3 Å². The minimum absolute atomic E-state index is 0.376. The van der Waals surface area contributed by atoms with Gasteiger partial charge in [0.15, 0.2) is 0 Å². The molecule has 0 radical (unpaired) electrons. The van der Waals surface area contributed by atoms with Crippen LogP contribution in [-0.4, -0.2) is 53.3 Å². The van der Waals surface area contributed by atoms with Crippen LogP contribution in [0, 0.1) is 5.92 Å². The third kappa shape index (κ3) is 9.47. The van der Waals surface area contributed by atoms with Crippen molar-refractivity contribution in [3.8, 4) is 0 Å². The molecule has 170 valence electrons. The lowest BCUT2D eigenvalue weighted by Gasteiger charge is -2.20. The number of alkyl halides is 1. The van der Waals surface area contributed by atoms with Crippen LogP contribution >= 0.6 is 22.6 Å². The zero-order valence-corrected chi connectivity index (χ0v) is 20.5. The number of carbonyl (C=O) groups is 1. The third-order valence-corrected chi connectivity index (χ3v) is 6.37. The number of fused-ring (bicyclic) bond motifs is 1. The molecule has 1 aromatic rings. The average Bonchev–Trinajstić information content (AvgIpc) is 2.75. The van der Waals surface area contributed by atoms with Crippen molar-refractivity contribution in [1.29, 1.82) is 0 Å². The maximum atomic E-state index is 11.5. The summed E-state index contributed by atoms with van der Waals surface area (Å²) >= 11 is 2.36. The van der Waals surface area contributed by atoms with Gasteiger partial charge in [-0.15, -0.1) is 0 Å². The number of nitrogens with one attached hydrogen (secondary N) is 2. The molecule has 0 aromatic carbocycles. The highest BCUT2D eigenvalue weighted by Crippen LogP contribution is 2.20. The van der Waals surface area contributed by atoms with E-state index in [2.05, 4.69) is 45.4 Å². The summed E-state index contributed by atoms with van der Waals surface area (Å²) in [7, 11) is 1.70. The topological polar surface area (TPSA) is 83.5 Å². The molecule has 0 saturated carbocycles. The van der Waals surface area contributed by atoms with Crippen LogP contribution in [0.1, 0.15) is 62.6 Å². The molecule has 7 heteroatoms. The van der Waals surface area contributed by atoms with Crippen molar-refractivity contribution in [2.75, 3.05) is 36.6 Å². The predicted octanol–water partition coefficient (Wildman–Crippen LogP) is 4.45. The maximum absolute atomic E-state index is 11.5. The number of carboxylic acids is 1. The first-order chi connectivity index (χ1) is 14.6. The number of aromatic nitrogens is 1. The summed E-state index contributed by atoms with van der Waals surface area (Å²) < 4.78 is 6.30. The number of halogens is 1. The number of unbranched alkanes of at least 4 members (excludes halogenated alkanes) is 4. The van der Waals surface area contributed by atoms with Crippen molar-refractivity contribution >= 4 is 34.4 Å². The molecule has 3 N–H and O–H groups in total. The average molecular weight is 531 g/mol. The van der Waals surface area contributed by atoms with E-state index in [4.69, 9.17) is 9.72 Å². The van der Waals surface area contributed by atoms with E-state index in [1.807, 2.05) is 0 Å². The van der Waals surface area contributed by atoms with Crippen LogP contribution in [0.3, 0.4) is 0 Å². The van der Waals surface area contributed by atoms with Gasteiger partial charge in [-0.2, -0.15) is 0 Å². The van der Waals surface area contributed by atoms with E-state index >= 15 is 0 Å². The quantitative estimate of drug-likeness (QED) is 0.166. The second-order valence-electron chi connectivity index (χ2n) is 8.25. The fourth-order valence-electron chi connectivity index (χ4n) is 3.95. The Bertz CT molecular complexity index is 624. The van der Waals surface area contributed by atoms with Gasteiger partial charge in [0.2, 0.25) is 0 Å². The van der Waals surface area contributed by atoms with Crippen LogP contribution in [0.15, 0.2) is 12.1 Å². The molecule has 1 aromatic heterocycles. The summed E-state index contributed by atoms with van der Waals surface area (Å²) in [5, 5.41) is 16.1. The fourth-order valence-corrected chi connectivity index (χ4v) is 4.83. The molecular weight excluding hydrogens is 493 g/mol. The van der Waals surface area contributed by atoms with Crippen molar-refractivity contribution in [3.63, 3.8) is 0 Å². The second-order valence-corrected chi connectivity index (χ2v) is 9.32. The summed E-state index contributed by atoms with van der Waals surface area (Å²) in [5.41, 5.74) is 2.52. The van der Waals surface area contributed by atoms with Crippen LogP contribution < -0.4 is 10.6 Å². The van der Waals surface area contributed by atoms with Gasteiger partial charge >= 0.3 is 5.97 Å². The number of hydrogen-bond donors (Lipinski definition) is 3. The highest BCUT2D eigenvalue weighted by Gasteiger charge is 2.18. The van der Waals surface area contributed by atoms with Crippen molar-refractivity contribution in [2.45, 2.75) is 70.3 Å². The number of methoxy groups -OCH3 is 1. The van der Waals surface area contributed by atoms with Gasteiger partial charge in [-0.05, 0) is 60.5 Å². The molecule has 1 aliphatic heterocycles. The predicted molar refractivity (Wildman–Crippen MR) is 131 cm³/mol. The standard InChI is InChI=1S/C23H38IN3O3/c1-30-17-18(13-14-24)16-26-21(23(28)29)10-6-4-2-3-5-9-20-12-11-19-8-7-15-25-22(19)27-20/h11-12,18,21,26H,2-10,13-17H2,1H3,(H,25,27)(H,28,29). The molecule has 2 atom stereocenters. The number of aryl methyl sites for hydroxylation is 2. The lowest BCUT2D eigenvalue weighted by molar-refractivity contribution is -0.139. The second kappa shape index (κ2) is 15.0. The Balaban J connectivity index is 1.58. The Morgan fingerprint density at radius 2 is 2.07 bits per heavy atom. The van der Waals surface area contributed by atoms with E-state index in [1.54, 1.807) is 7.11 Å². The monoisotopic (exact) mass is 531 g/mol. The summed E-state index contributed by atoms with van der Waals surface area (Å²) in [6, 6.07) is 3.94. The number of rotatable bonds is 16. The minimum atomic E-state index is -0.743. The molecule has 0 aliphatic carbocycles. The zero-order valence-electron chi connectivity index (χ0n) is 18.3. The van der Waals surface area contributed by atoms with E-state index in [1.165, 1.54) is 24.1 Å². The summed E-state index contributed by atoms with van der Waals surface area (Å²) in [4.78, 5) is 16.3. The normalized spacial score (nSPS) is 15.3. The van der Waals surface area contributed by atoms with Crippen LogP contribution in [0.5, 0.6) is 0 Å². The van der Waals surface area contributed by atoms with Crippen LogP contribution in [0.25, 0.3) is 0 Å². The molecule has 0 bridgehead atoms. The Morgan fingerprint density at radius 3 is 2.83 bits per heavy atom. The minimum Gasteiger partial charge on any atom is -0.480 e. The summed E-state index contributed by atoms with van der Waals surface area (Å²) in [6.45, 7) is 2.41. The molecular formula is C23H38IN3O3. The largest absolute Gasteiger partial charge is 0.480 e. The van der Waals surface area contributed by atoms with E-state index in [0.717, 1.165) is 61.7 Å². The first kappa shape index (κ1) is 25.3. The number of carboxylic acid groups (broad SMARTS) is 1. The Labute approximate surface area is 195 Å². The van der Waals surface area contributed by atoms with Gasteiger partial charge in [0, 0.05) is 25.9 Å². The van der Waals surface area contributed by atoms with Crippen molar-refractivity contribution < 1.29 is 14.6 Å². The molecule has 0 spiro atoms. The third-order valence-electron chi connectivity index (χ3n) is 5.75. The first-order valence-electron chi connectivity index (χ1n) is 11.4. The molecule has 2 unspecified atom stereocenters. The number of nitrogens with zero attached hydrogens (tertiary/aromatic N) is 1. The van der Waals surface area contributed by atoms with Gasteiger partial charge in [0.05, 0.1) is 6.61 Å². The Morgan fingerprint density at radius 1 is 1.27 bits per heavy atom. The summed E-state index contributed by atoms with van der Waals surface area (Å²) in [5.74, 6) is 0.714. The molecule has 0 amide bonds. The van der Waals surface area contributed by atoms with E-state index < -0.39 is 12.0 Å². The number of ether oxygens (including phenoxy) is 1. The van der Waals surface area contributed by atoms with Gasteiger partial charge in [-0.3, -0.25) is 4.79 Å². The van der Waals surface area contributed by atoms with E-state index in [-0.39, 0.29) is 0 Å². The van der Waals surface area contributed by atoms with Gasteiger partial charge in [0.25, 0.3) is 0 Å². The highest BCUT2D eigenvalue weighted by molar-refractivity contribution is 14.1. The van der Waals surface area contributed by atoms with E-state index in [0.29, 0.717) is 25.5 Å². The van der Waals surface area contributed by atoms with E-state index in [9.17, 15) is 9.90 Å². The molecule has 0 fully saturated rings. The number of hydrogen-bond acceptors (Lipinski definition) is 5. The number of pyridine rings is 1. The van der Waals surface area contributed by atoms with Gasteiger partial charge in [-0.25, -0.2) is 4.98 Å². The SMILES string of the molecule is COCC(CCI)CNC(CCCCCCCc1ccc2c(n1)NCCC2)C(=O)O. The maximum Gasteiger partial charge on any atom is 0.320 e. The molecule has 1 aliphatic rings. The van der Waals surface area contributed by atoms with Crippen molar-refractivity contribution in [2.24, 2.45) is 5.92 Å². The molecule has 30 heavy (non-hydrogen) atoms. The highest BCUT2D eigenvalue weighted by atomic mass is 127. The van der Waals surface area contributed by atoms with Gasteiger partial charge in [0.1, 0.15) is 11.9 Å². The van der Waals surface area contributed by atoms with Crippen LogP contribution in [0.2, 0.25) is 0 Å². The van der Waals surface area contributed by atoms with Crippen molar-refractivity contribution in [3.05, 3.63) is 23.4 Å². The van der Waals surface area contributed by atoms with Crippen LogP contribution in [-0.2, 0) is 22.4 Å². The fraction of sp³-hybridized carbons (Fsp3) is 0.739. The lowest BCUT2D eigenvalue weighted by atomic mass is 10.0. The van der Waals surface area contributed by atoms with Gasteiger partial charge < -0.3 is 20.5 Å². The Kier molecular flexibility index (Phi) is 12.6. The summed E-state index contributed by atoms with van der Waals surface area (Å²) in [6.07, 6.45) is 10.6. The lowest BCUT2D eigenvalue weighted by Crippen LogP contribution is -2.40. The smallest absolute Gasteiger partial charge is 0.320 e. The van der Waals surface area contributed by atoms with Crippen LogP contribution in [0.4, 0.5) is 5.82 Å². The number of anilines is 1. The molecule has 0 saturated heterocycles. The molecule has 2 rings (SSSR count). The zero-order chi connectivity index (χ0) is 21.6. The number of aliphatic carboxylic acids is 1. The molecule has 2 heterocycles. The molecule has 6 nitrogen and oxygen atoms in total. The van der Waals surface area contributed by atoms with Crippen molar-refractivity contribution in [1.82, 2.24) is 10.3 Å². The first-order valence-corrected chi connectivity index (χ1v) is 12.9.